The minimum Gasteiger partial charge on any atom is -0.481 e. The molecular weight excluding hydrogens is 923 g/mol. The van der Waals surface area contributed by atoms with Crippen LogP contribution in [0.2, 0.25) is 0 Å². The first-order valence-electron chi connectivity index (χ1n) is 20.2. The number of nitrogens with two attached hydrogens (primary N) is 3. The van der Waals surface area contributed by atoms with E-state index in [4.69, 9.17) is 17.2 Å². The Kier molecular flexibility index (Phi) is 23.9. The summed E-state index contributed by atoms with van der Waals surface area (Å²) in [7, 11) is 1.76. The first-order chi connectivity index (χ1) is 31.1. The average Bonchev–Trinajstić information content (AvgIpc) is 3.76. The van der Waals surface area contributed by atoms with Crippen LogP contribution in [0.4, 0.5) is 0 Å². The van der Waals surface area contributed by atoms with Gasteiger partial charge in [-0.1, -0.05) is 21.6 Å². The third-order valence-electron chi connectivity index (χ3n) is 9.57. The minimum absolute atomic E-state index is 0.0171. The summed E-state index contributed by atoms with van der Waals surface area (Å²) in [6.07, 6.45) is -0.727. The lowest BCUT2D eigenvalue weighted by atomic mass is 10.1. The fourth-order valence-electron chi connectivity index (χ4n) is 6.02. The van der Waals surface area contributed by atoms with Gasteiger partial charge in [-0.2, -0.15) is 0 Å². The van der Waals surface area contributed by atoms with E-state index in [-0.39, 0.29) is 56.2 Å². The normalized spacial score (nSPS) is 27.9. The van der Waals surface area contributed by atoms with Crippen LogP contribution in [-0.4, -0.2) is 207 Å². The number of guanidine groups is 1. The molecule has 0 radical (unpaired) electrons. The number of amides is 9. The van der Waals surface area contributed by atoms with Gasteiger partial charge >= 0.3 is 11.9 Å². The van der Waals surface area contributed by atoms with Crippen LogP contribution in [0, 0.1) is 0 Å². The average molecular weight is 980 g/mol. The van der Waals surface area contributed by atoms with Crippen LogP contribution in [0.1, 0.15) is 39.0 Å². The lowest BCUT2D eigenvalue weighted by Gasteiger charge is -2.29. The summed E-state index contributed by atoms with van der Waals surface area (Å²) in [6.45, 7) is -2.89. The molecule has 0 spiro atoms. The molecule has 370 valence electrons. The fraction of sp³-hybridized carbons (Fsp3) is 0.657. The number of hydrogen-bond acceptors (Lipinski definition) is 18. The van der Waals surface area contributed by atoms with E-state index in [2.05, 4.69) is 47.5 Å². The van der Waals surface area contributed by atoms with Crippen molar-refractivity contribution < 1.29 is 78.3 Å². The lowest BCUT2D eigenvalue weighted by molar-refractivity contribution is -0.144. The van der Waals surface area contributed by atoms with E-state index in [1.165, 1.54) is 6.92 Å². The van der Waals surface area contributed by atoms with E-state index in [0.717, 1.165) is 26.5 Å². The van der Waals surface area contributed by atoms with E-state index < -0.39 is 152 Å². The van der Waals surface area contributed by atoms with Gasteiger partial charge in [0, 0.05) is 24.6 Å². The maximum Gasteiger partial charge on any atom is 0.327 e. The summed E-state index contributed by atoms with van der Waals surface area (Å²) in [4.78, 5) is 147. The van der Waals surface area contributed by atoms with Gasteiger partial charge in [-0.3, -0.25) is 52.9 Å². The van der Waals surface area contributed by atoms with Crippen LogP contribution >= 0.6 is 21.6 Å². The number of nitrogens with one attached hydrogen (secondary N) is 8. The van der Waals surface area contributed by atoms with Crippen LogP contribution in [0.5, 0.6) is 0 Å². The summed E-state index contributed by atoms with van der Waals surface area (Å²) in [5.41, 5.74) is 16.7. The van der Waals surface area contributed by atoms with Gasteiger partial charge in [0.2, 0.25) is 53.2 Å². The Balaban J connectivity index is 2.43. The highest BCUT2D eigenvalue weighted by molar-refractivity contribution is 8.76. The molecule has 0 unspecified atom stereocenters. The molecule has 2 aliphatic rings. The lowest BCUT2D eigenvalue weighted by Crippen LogP contribution is -2.60. The highest BCUT2D eigenvalue weighted by atomic mass is 33.1. The van der Waals surface area contributed by atoms with Crippen LogP contribution in [0.3, 0.4) is 0 Å². The SMILES string of the molecule is C[C@@H]1NC(=O)[C@H]2CCCN2C(=O)[C@H](CO)NC(=O)[C@H](CC(=O)O)NC(=O)CNC(=O)[C@H](CCCN=C(N)N)NC(=O)[C@@H](N)CSSC[C@@H](C(=O)O)NC(=O)[C@H](CO)NC(=O)[C@H](CO)NC1=O. The van der Waals surface area contributed by atoms with E-state index in [1.54, 1.807) is 0 Å². The number of carboxylic acid groups (broad SMARTS) is 2. The van der Waals surface area contributed by atoms with Crippen molar-refractivity contribution in [2.45, 2.75) is 93.4 Å². The molecule has 9 amide bonds. The summed E-state index contributed by atoms with van der Waals surface area (Å²) in [5, 5.41) is 66.8. The molecule has 29 nitrogen and oxygen atoms in total. The molecule has 0 aromatic carbocycles. The highest BCUT2D eigenvalue weighted by Crippen LogP contribution is 2.23. The summed E-state index contributed by atoms with van der Waals surface area (Å²) in [6, 6.07) is -14.2. The van der Waals surface area contributed by atoms with Crippen molar-refractivity contribution in [2.24, 2.45) is 22.2 Å². The van der Waals surface area contributed by atoms with Crippen molar-refractivity contribution in [2.75, 3.05) is 51.0 Å². The third kappa shape index (κ3) is 18.5. The third-order valence-corrected chi connectivity index (χ3v) is 12.0. The van der Waals surface area contributed by atoms with Gasteiger partial charge in [0.05, 0.1) is 38.8 Å². The van der Waals surface area contributed by atoms with E-state index >= 15 is 0 Å². The number of nitrogens with zero attached hydrogens (tertiary/aromatic N) is 2. The number of aliphatic hydroxyl groups is 3. The first kappa shape index (κ1) is 56.1. The van der Waals surface area contributed by atoms with Gasteiger partial charge in [0.25, 0.3) is 0 Å². The number of aliphatic hydroxyl groups excluding tert-OH is 3. The monoisotopic (exact) mass is 979 g/mol. The minimum atomic E-state index is -1.87. The fourth-order valence-corrected chi connectivity index (χ4v) is 8.30. The van der Waals surface area contributed by atoms with Gasteiger partial charge < -0.3 is 90.2 Å². The molecular formula is C35H57N13O16S2. The summed E-state index contributed by atoms with van der Waals surface area (Å²) < 4.78 is 0. The standard InChI is InChI=1S/C35H57N13O16S2/c1-15-26(55)44-19(10-49)30(59)45-20(11-50)31(60)47-22(34(63)64)14-66-65-13-16(36)27(56)43-17(4-2-6-39-35(37)38)28(57)40-9-24(52)42-18(8-25(53)54)29(58)46-21(12-51)33(62)48-7-3-5-23(48)32(61)41-15/h15-23,49-51H,2-14,36H2,1H3,(H,40,57)(H,41,61)(H,42,52)(H,43,56)(H,44,55)(H,45,59)(H,46,58)(H,47,60)(H,53,54)(H,63,64)(H4,37,38,39)/t15-,16-,17-,18-,19-,20-,21-,22-,23+/m0/s1. The number of carbonyl (C=O) groups is 11. The zero-order valence-corrected chi connectivity index (χ0v) is 37.2. The van der Waals surface area contributed by atoms with Crippen LogP contribution in [0.25, 0.3) is 0 Å². The van der Waals surface area contributed by atoms with Gasteiger partial charge in [-0.25, -0.2) is 4.79 Å². The van der Waals surface area contributed by atoms with E-state index in [0.29, 0.717) is 0 Å². The van der Waals surface area contributed by atoms with Crippen molar-refractivity contribution in [3.8, 4) is 0 Å². The van der Waals surface area contributed by atoms with Gasteiger partial charge in [-0.05, 0) is 32.6 Å². The van der Waals surface area contributed by atoms with Crippen LogP contribution in [-0.2, 0) is 52.7 Å². The van der Waals surface area contributed by atoms with Gasteiger partial charge in [0.15, 0.2) is 5.96 Å². The molecule has 66 heavy (non-hydrogen) atoms. The van der Waals surface area contributed by atoms with Crippen molar-refractivity contribution in [1.82, 2.24) is 47.4 Å². The number of hydrogen-bond donors (Lipinski definition) is 16. The van der Waals surface area contributed by atoms with Crippen molar-refractivity contribution >= 4 is 92.7 Å². The molecule has 2 fully saturated rings. The Morgan fingerprint density at radius 1 is 0.697 bits per heavy atom. The maximum atomic E-state index is 13.6. The molecule has 2 heterocycles. The predicted molar refractivity (Wildman–Crippen MR) is 231 cm³/mol. The second-order valence-corrected chi connectivity index (χ2v) is 17.2. The van der Waals surface area contributed by atoms with Crippen molar-refractivity contribution in [1.29, 1.82) is 0 Å². The molecule has 31 heteroatoms. The number of carboxylic acids is 2. The number of fused-ring (bicyclic) bond motifs is 1. The quantitative estimate of drug-likeness (QED) is 0.0418. The molecule has 0 saturated carbocycles. The molecule has 0 aromatic heterocycles. The zero-order chi connectivity index (χ0) is 49.7. The summed E-state index contributed by atoms with van der Waals surface area (Å²) >= 11 is 0. The maximum absolute atomic E-state index is 13.6. The molecule has 0 aromatic rings. The topological polar surface area (TPSA) is 479 Å². The molecule has 19 N–H and O–H groups in total. The number of rotatable bonds is 10. The number of aliphatic imine (C=N–C) groups is 1. The molecule has 0 aliphatic carbocycles. The zero-order valence-electron chi connectivity index (χ0n) is 35.6. The Morgan fingerprint density at radius 2 is 1.26 bits per heavy atom. The number of carbonyl (C=O) groups excluding carboxylic acids is 9. The summed E-state index contributed by atoms with van der Waals surface area (Å²) in [5.74, 6) is -13.3. The second kappa shape index (κ2) is 28.1. The molecule has 2 aliphatic heterocycles. The smallest absolute Gasteiger partial charge is 0.327 e. The van der Waals surface area contributed by atoms with E-state index in [9.17, 15) is 78.3 Å². The van der Waals surface area contributed by atoms with Gasteiger partial charge in [0.1, 0.15) is 48.3 Å². The van der Waals surface area contributed by atoms with Crippen LogP contribution < -0.4 is 59.7 Å². The molecule has 0 bridgehead atoms. The van der Waals surface area contributed by atoms with E-state index in [1.807, 2.05) is 0 Å². The molecule has 2 saturated heterocycles. The Morgan fingerprint density at radius 3 is 1.85 bits per heavy atom. The predicted octanol–water partition coefficient (Wildman–Crippen LogP) is -9.18. The van der Waals surface area contributed by atoms with Crippen LogP contribution in [0.15, 0.2) is 4.99 Å². The molecule has 9 atom stereocenters. The largest absolute Gasteiger partial charge is 0.481 e. The number of aliphatic carboxylic acids is 2. The van der Waals surface area contributed by atoms with Gasteiger partial charge in [-0.15, -0.1) is 0 Å². The Hall–Kier alpha value is -6.02. The highest BCUT2D eigenvalue weighted by Gasteiger charge is 2.40. The Labute approximate surface area is 384 Å². The molecule has 2 rings (SSSR count). The van der Waals surface area contributed by atoms with Crippen molar-refractivity contribution in [3.05, 3.63) is 0 Å². The Bertz CT molecular complexity index is 1830. The second-order valence-electron chi connectivity index (χ2n) is 14.7. The first-order valence-corrected chi connectivity index (χ1v) is 22.6. The van der Waals surface area contributed by atoms with Crippen molar-refractivity contribution in [3.63, 3.8) is 0 Å².